The summed E-state index contributed by atoms with van der Waals surface area (Å²) in [6.07, 6.45) is 6.59. The molecule has 1 aromatic carbocycles. The van der Waals surface area contributed by atoms with Crippen LogP contribution in [-0.4, -0.2) is 67.0 Å². The Balaban J connectivity index is 1.16. The molecule has 2 aromatic heterocycles. The van der Waals surface area contributed by atoms with E-state index in [1.807, 2.05) is 37.0 Å². The van der Waals surface area contributed by atoms with Crippen molar-refractivity contribution in [3.8, 4) is 0 Å². The van der Waals surface area contributed by atoms with Gasteiger partial charge in [-0.25, -0.2) is 19.7 Å². The normalized spacial score (nSPS) is 22.5. The van der Waals surface area contributed by atoms with Gasteiger partial charge in [0.1, 0.15) is 5.82 Å². The van der Waals surface area contributed by atoms with E-state index in [-0.39, 0.29) is 6.04 Å². The second-order valence-electron chi connectivity index (χ2n) is 9.25. The number of anilines is 1. The Labute approximate surface area is 212 Å². The predicted molar refractivity (Wildman–Crippen MR) is 137 cm³/mol. The minimum Gasteiger partial charge on any atom is -0.355 e. The highest BCUT2D eigenvalue weighted by atomic mass is 35.5. The van der Waals surface area contributed by atoms with Crippen molar-refractivity contribution in [2.45, 2.75) is 25.8 Å². The van der Waals surface area contributed by atoms with Crippen LogP contribution >= 0.6 is 35.0 Å². The van der Waals surface area contributed by atoms with E-state index in [0.29, 0.717) is 27.3 Å². The monoisotopic (exact) mass is 516 g/mol. The maximum absolute atomic E-state index is 6.45. The molecule has 0 saturated carbocycles. The van der Waals surface area contributed by atoms with E-state index in [9.17, 15) is 0 Å². The molecule has 0 N–H and O–H groups in total. The molecule has 2 saturated heterocycles. The van der Waals surface area contributed by atoms with Gasteiger partial charge in [-0.3, -0.25) is 0 Å². The molecule has 3 aliphatic rings. The van der Waals surface area contributed by atoms with Gasteiger partial charge in [0.25, 0.3) is 0 Å². The standard InChI is InChI=1S/C23H26Cl2N8S/c1-15(19-5-4-18(24)9-20(19)25)33-23-22(28-29-33)26-10-21(27-23)30-11-17(12-30)16-3-2-6-31(13-16)32-7-8-34-14-32/h4-5,7-10,15-17H,2-3,6,11-14H2,1H3/t15-,16+/m1/s1. The van der Waals surface area contributed by atoms with Crippen LogP contribution in [0.4, 0.5) is 5.82 Å². The summed E-state index contributed by atoms with van der Waals surface area (Å²) in [7, 11) is 0. The number of halogens is 2. The number of nitrogens with zero attached hydrogens (tertiary/aromatic N) is 8. The summed E-state index contributed by atoms with van der Waals surface area (Å²) in [6, 6.07) is 5.36. The van der Waals surface area contributed by atoms with Crippen molar-refractivity contribution in [1.29, 1.82) is 0 Å². The number of rotatable bonds is 5. The van der Waals surface area contributed by atoms with Crippen molar-refractivity contribution >= 4 is 52.1 Å². The predicted octanol–water partition coefficient (Wildman–Crippen LogP) is 4.68. The molecule has 0 spiro atoms. The smallest absolute Gasteiger partial charge is 0.221 e. The van der Waals surface area contributed by atoms with Crippen molar-refractivity contribution in [1.82, 2.24) is 35.0 Å². The minimum absolute atomic E-state index is 0.144. The molecule has 178 valence electrons. The summed E-state index contributed by atoms with van der Waals surface area (Å²) in [5, 5.41) is 16.8. The zero-order valence-corrected chi connectivity index (χ0v) is 21.2. The van der Waals surface area contributed by atoms with E-state index < -0.39 is 0 Å². The molecule has 3 aliphatic heterocycles. The number of benzene rings is 1. The first-order chi connectivity index (χ1) is 16.6. The second-order valence-corrected chi connectivity index (χ2v) is 11.0. The average molecular weight is 517 g/mol. The van der Waals surface area contributed by atoms with Gasteiger partial charge in [-0.05, 0) is 54.7 Å². The fourth-order valence-electron chi connectivity index (χ4n) is 5.16. The fraction of sp³-hybridized carbons (Fsp3) is 0.478. The fourth-order valence-corrected chi connectivity index (χ4v) is 6.44. The molecule has 0 radical (unpaired) electrons. The van der Waals surface area contributed by atoms with Gasteiger partial charge in [-0.1, -0.05) is 34.5 Å². The summed E-state index contributed by atoms with van der Waals surface area (Å²) in [5.41, 5.74) is 2.13. The quantitative estimate of drug-likeness (QED) is 0.484. The Kier molecular flexibility index (Phi) is 6.05. The number of hydrazine groups is 1. The summed E-state index contributed by atoms with van der Waals surface area (Å²) in [6.45, 7) is 6.37. The molecular weight excluding hydrogens is 491 g/mol. The summed E-state index contributed by atoms with van der Waals surface area (Å²) in [4.78, 5) is 11.8. The van der Waals surface area contributed by atoms with Crippen molar-refractivity contribution in [2.24, 2.45) is 11.8 Å². The molecule has 3 aromatic rings. The van der Waals surface area contributed by atoms with Gasteiger partial charge in [-0.2, -0.15) is 0 Å². The highest BCUT2D eigenvalue weighted by Gasteiger charge is 2.37. The van der Waals surface area contributed by atoms with E-state index in [1.54, 1.807) is 10.7 Å². The molecule has 8 nitrogen and oxygen atoms in total. The van der Waals surface area contributed by atoms with Gasteiger partial charge in [0.15, 0.2) is 0 Å². The number of hydrogen-bond acceptors (Lipinski definition) is 8. The highest BCUT2D eigenvalue weighted by molar-refractivity contribution is 8.02. The van der Waals surface area contributed by atoms with Gasteiger partial charge in [0.2, 0.25) is 11.3 Å². The average Bonchev–Trinajstić information content (AvgIpc) is 3.48. The molecular formula is C23H26Cl2N8S. The third-order valence-corrected chi connectivity index (χ3v) is 8.48. The maximum Gasteiger partial charge on any atom is 0.221 e. The van der Waals surface area contributed by atoms with Gasteiger partial charge in [0, 0.05) is 42.4 Å². The molecule has 11 heteroatoms. The molecule has 0 bridgehead atoms. The van der Waals surface area contributed by atoms with Crippen LogP contribution in [0, 0.1) is 11.8 Å². The SMILES string of the molecule is C[C@H](c1ccc(Cl)cc1Cl)n1nnc2ncc(N3CC([C@H]4CCCN(N5C=CSC5)C4)C3)nc21. The van der Waals surface area contributed by atoms with Crippen LogP contribution in [0.3, 0.4) is 0 Å². The lowest BCUT2D eigenvalue weighted by atomic mass is 9.81. The number of hydrogen-bond donors (Lipinski definition) is 0. The molecule has 6 rings (SSSR count). The lowest BCUT2D eigenvalue weighted by Gasteiger charge is -2.48. The molecule has 5 heterocycles. The molecule has 2 atom stereocenters. The van der Waals surface area contributed by atoms with E-state index in [2.05, 4.69) is 41.8 Å². The Morgan fingerprint density at radius 2 is 2.03 bits per heavy atom. The molecule has 34 heavy (non-hydrogen) atoms. The summed E-state index contributed by atoms with van der Waals surface area (Å²) < 4.78 is 1.79. The van der Waals surface area contributed by atoms with E-state index in [1.165, 1.54) is 12.8 Å². The number of fused-ring (bicyclic) bond motifs is 1. The number of piperidine rings is 1. The summed E-state index contributed by atoms with van der Waals surface area (Å²) in [5.74, 6) is 3.34. The zero-order valence-electron chi connectivity index (χ0n) is 18.9. The van der Waals surface area contributed by atoms with Crippen molar-refractivity contribution < 1.29 is 0 Å². The van der Waals surface area contributed by atoms with E-state index >= 15 is 0 Å². The van der Waals surface area contributed by atoms with Crippen molar-refractivity contribution in [2.75, 3.05) is 37.0 Å². The number of thioether (sulfide) groups is 1. The van der Waals surface area contributed by atoms with Crippen molar-refractivity contribution in [3.05, 3.63) is 51.6 Å². The van der Waals surface area contributed by atoms with Gasteiger partial charge >= 0.3 is 0 Å². The van der Waals surface area contributed by atoms with Crippen molar-refractivity contribution in [3.63, 3.8) is 0 Å². The largest absolute Gasteiger partial charge is 0.355 e. The van der Waals surface area contributed by atoms with Gasteiger partial charge in [-0.15, -0.1) is 16.9 Å². The van der Waals surface area contributed by atoms with Crippen LogP contribution in [0.1, 0.15) is 31.4 Å². The highest BCUT2D eigenvalue weighted by Crippen LogP contribution is 2.35. The van der Waals surface area contributed by atoms with Crippen LogP contribution in [0.25, 0.3) is 11.3 Å². The Hall–Kier alpha value is -2.07. The Morgan fingerprint density at radius 1 is 1.15 bits per heavy atom. The first-order valence-corrected chi connectivity index (χ1v) is 13.4. The lowest BCUT2D eigenvalue weighted by Crippen LogP contribution is -2.55. The Morgan fingerprint density at radius 3 is 2.82 bits per heavy atom. The van der Waals surface area contributed by atoms with Crippen LogP contribution < -0.4 is 4.90 Å². The van der Waals surface area contributed by atoms with E-state index in [0.717, 1.165) is 49.4 Å². The summed E-state index contributed by atoms with van der Waals surface area (Å²) >= 11 is 14.4. The van der Waals surface area contributed by atoms with Crippen LogP contribution in [0.5, 0.6) is 0 Å². The van der Waals surface area contributed by atoms with Gasteiger partial charge < -0.3 is 9.91 Å². The molecule has 2 fully saturated rings. The maximum atomic E-state index is 6.45. The molecule has 0 amide bonds. The second kappa shape index (κ2) is 9.18. The lowest BCUT2D eigenvalue weighted by molar-refractivity contribution is -0.0150. The van der Waals surface area contributed by atoms with Gasteiger partial charge in [0.05, 0.1) is 18.1 Å². The topological polar surface area (TPSA) is 66.2 Å². The third kappa shape index (κ3) is 4.12. The molecule has 0 unspecified atom stereocenters. The molecule has 0 aliphatic carbocycles. The first-order valence-electron chi connectivity index (χ1n) is 11.6. The van der Waals surface area contributed by atoms with Crippen LogP contribution in [-0.2, 0) is 0 Å². The third-order valence-electron chi connectivity index (χ3n) is 7.19. The van der Waals surface area contributed by atoms with Crippen LogP contribution in [0.15, 0.2) is 36.0 Å². The van der Waals surface area contributed by atoms with E-state index in [4.69, 9.17) is 28.2 Å². The first kappa shape index (κ1) is 22.4. The minimum atomic E-state index is -0.144. The van der Waals surface area contributed by atoms with Crippen LogP contribution in [0.2, 0.25) is 10.0 Å². The Bertz CT molecular complexity index is 1230. The zero-order chi connectivity index (χ0) is 23.2. The number of aromatic nitrogens is 5.